The fourth-order valence-corrected chi connectivity index (χ4v) is 2.24. The predicted octanol–water partition coefficient (Wildman–Crippen LogP) is 0.768. The molecule has 0 bridgehead atoms. The van der Waals surface area contributed by atoms with Crippen molar-refractivity contribution < 1.29 is 4.74 Å². The Kier molecular flexibility index (Phi) is 4.50. The number of ether oxygens (including phenoxy) is 1. The maximum atomic E-state index is 5.74. The van der Waals surface area contributed by atoms with Crippen molar-refractivity contribution in [2.45, 2.75) is 39.2 Å². The Hall–Kier alpha value is -0.940. The largest absolute Gasteiger partial charge is 0.381 e. The number of hydrogen-bond donors (Lipinski definition) is 1. The summed E-state index contributed by atoms with van der Waals surface area (Å²) in [5.74, 6) is 2.74. The highest BCUT2D eigenvalue weighted by Crippen LogP contribution is 2.19. The van der Waals surface area contributed by atoms with E-state index >= 15 is 0 Å². The molecule has 5 heteroatoms. The van der Waals surface area contributed by atoms with Gasteiger partial charge in [-0.3, -0.25) is 0 Å². The Bertz CT molecular complexity index is 350. The normalized spacial score (nSPS) is 19.3. The van der Waals surface area contributed by atoms with Crippen LogP contribution in [0.1, 0.15) is 31.4 Å². The zero-order valence-corrected chi connectivity index (χ0v) is 10.6. The highest BCUT2D eigenvalue weighted by atomic mass is 16.5. The molecule has 17 heavy (non-hydrogen) atoms. The van der Waals surface area contributed by atoms with Gasteiger partial charge in [-0.2, -0.15) is 0 Å². The van der Waals surface area contributed by atoms with Crippen LogP contribution in [0, 0.1) is 5.92 Å². The second-order valence-electron chi connectivity index (χ2n) is 4.65. The minimum absolute atomic E-state index is 0.578. The summed E-state index contributed by atoms with van der Waals surface area (Å²) in [6.45, 7) is 5.40. The number of fused-ring (bicyclic) bond motifs is 1. The summed E-state index contributed by atoms with van der Waals surface area (Å²) < 4.78 is 7.73. The van der Waals surface area contributed by atoms with Crippen LogP contribution in [0.5, 0.6) is 0 Å². The molecule has 0 aromatic carbocycles. The van der Waals surface area contributed by atoms with Gasteiger partial charge in [0.15, 0.2) is 0 Å². The van der Waals surface area contributed by atoms with Gasteiger partial charge in [0.05, 0.1) is 6.61 Å². The number of nitrogens with two attached hydrogens (primary N) is 1. The molecule has 2 N–H and O–H groups in total. The lowest BCUT2D eigenvalue weighted by Crippen LogP contribution is -2.27. The molecule has 1 aliphatic heterocycles. The number of aryl methyl sites for hydroxylation is 1. The molecule has 2 rings (SSSR count). The van der Waals surface area contributed by atoms with E-state index < -0.39 is 0 Å². The molecule has 1 aromatic rings. The lowest BCUT2D eigenvalue weighted by molar-refractivity contribution is 0.135. The first kappa shape index (κ1) is 12.5. The second kappa shape index (κ2) is 6.12. The van der Waals surface area contributed by atoms with Crippen molar-refractivity contribution in [3.05, 3.63) is 11.6 Å². The molecule has 2 heterocycles. The first-order valence-corrected chi connectivity index (χ1v) is 6.54. The van der Waals surface area contributed by atoms with Crippen molar-refractivity contribution in [1.82, 2.24) is 14.8 Å². The van der Waals surface area contributed by atoms with Crippen molar-refractivity contribution in [3.8, 4) is 0 Å². The molecule has 1 atom stereocenters. The molecule has 0 saturated heterocycles. The Labute approximate surface area is 102 Å². The smallest absolute Gasteiger partial charge is 0.135 e. The van der Waals surface area contributed by atoms with Crippen molar-refractivity contribution in [1.29, 1.82) is 0 Å². The third-order valence-electron chi connectivity index (χ3n) is 3.27. The monoisotopic (exact) mass is 238 g/mol. The van der Waals surface area contributed by atoms with Gasteiger partial charge in [0.25, 0.3) is 0 Å². The van der Waals surface area contributed by atoms with E-state index in [0.29, 0.717) is 5.92 Å². The zero-order valence-electron chi connectivity index (χ0n) is 10.6. The first-order chi connectivity index (χ1) is 8.35. The van der Waals surface area contributed by atoms with E-state index in [9.17, 15) is 0 Å². The summed E-state index contributed by atoms with van der Waals surface area (Å²) in [5, 5.41) is 8.50. The molecule has 1 aliphatic rings. The topological polar surface area (TPSA) is 66.0 Å². The van der Waals surface area contributed by atoms with Crippen molar-refractivity contribution in [2.24, 2.45) is 11.7 Å². The summed E-state index contributed by atoms with van der Waals surface area (Å²) in [6, 6.07) is 0. The van der Waals surface area contributed by atoms with E-state index in [1.165, 1.54) is 0 Å². The fourth-order valence-electron chi connectivity index (χ4n) is 2.24. The Balaban J connectivity index is 1.93. The van der Waals surface area contributed by atoms with Gasteiger partial charge in [0.2, 0.25) is 0 Å². The van der Waals surface area contributed by atoms with Crippen LogP contribution in [0.15, 0.2) is 0 Å². The lowest BCUT2D eigenvalue weighted by atomic mass is 9.99. The third kappa shape index (κ3) is 3.04. The molecule has 1 aromatic heterocycles. The van der Waals surface area contributed by atoms with Gasteiger partial charge in [-0.25, -0.2) is 0 Å². The highest BCUT2D eigenvalue weighted by Gasteiger charge is 2.21. The molecular weight excluding hydrogens is 216 g/mol. The van der Waals surface area contributed by atoms with Crippen molar-refractivity contribution in [2.75, 3.05) is 19.8 Å². The van der Waals surface area contributed by atoms with Crippen LogP contribution in [-0.2, 0) is 24.1 Å². The molecular formula is C12H22N4O. The molecule has 0 amide bonds. The van der Waals surface area contributed by atoms with Crippen molar-refractivity contribution in [3.63, 3.8) is 0 Å². The Morgan fingerprint density at radius 2 is 2.29 bits per heavy atom. The van der Waals surface area contributed by atoms with Crippen LogP contribution in [0.25, 0.3) is 0 Å². The van der Waals surface area contributed by atoms with Gasteiger partial charge in [-0.15, -0.1) is 10.2 Å². The van der Waals surface area contributed by atoms with Crippen LogP contribution < -0.4 is 5.73 Å². The average molecular weight is 238 g/mol. The van der Waals surface area contributed by atoms with Gasteiger partial charge in [-0.1, -0.05) is 6.92 Å². The van der Waals surface area contributed by atoms with Crippen LogP contribution in [0.3, 0.4) is 0 Å². The number of rotatable bonds is 6. The summed E-state index contributed by atoms with van der Waals surface area (Å²) in [4.78, 5) is 0. The van der Waals surface area contributed by atoms with Crippen LogP contribution >= 0.6 is 0 Å². The number of hydrogen-bond acceptors (Lipinski definition) is 4. The van der Waals surface area contributed by atoms with Crippen LogP contribution in [0.2, 0.25) is 0 Å². The SMILES string of the molecule is CCCOCCc1nnc2n1CC(CN)CC2. The van der Waals surface area contributed by atoms with E-state index in [1.54, 1.807) is 0 Å². The van der Waals surface area contributed by atoms with Crippen molar-refractivity contribution >= 4 is 0 Å². The van der Waals surface area contributed by atoms with E-state index in [4.69, 9.17) is 10.5 Å². The van der Waals surface area contributed by atoms with E-state index in [1.807, 2.05) is 0 Å². The van der Waals surface area contributed by atoms with Crippen LogP contribution in [-0.4, -0.2) is 34.5 Å². The molecule has 0 radical (unpaired) electrons. The number of aromatic nitrogens is 3. The second-order valence-corrected chi connectivity index (χ2v) is 4.65. The summed E-state index contributed by atoms with van der Waals surface area (Å²) >= 11 is 0. The molecule has 0 fully saturated rings. The number of nitrogens with zero attached hydrogens (tertiary/aromatic N) is 3. The standard InChI is InChI=1S/C12H22N4O/c1-2-6-17-7-5-12-15-14-11-4-3-10(8-13)9-16(11)12/h10H,2-9,13H2,1H3. The van der Waals surface area contributed by atoms with E-state index in [2.05, 4.69) is 21.7 Å². The molecule has 5 nitrogen and oxygen atoms in total. The molecule has 96 valence electrons. The zero-order chi connectivity index (χ0) is 12.1. The van der Waals surface area contributed by atoms with Gasteiger partial charge in [-0.05, 0) is 25.3 Å². The van der Waals surface area contributed by atoms with Gasteiger partial charge in [0.1, 0.15) is 11.6 Å². The van der Waals surface area contributed by atoms with Crippen LogP contribution in [0.4, 0.5) is 0 Å². The average Bonchev–Trinajstić information content (AvgIpc) is 2.77. The predicted molar refractivity (Wildman–Crippen MR) is 65.7 cm³/mol. The summed E-state index contributed by atoms with van der Waals surface area (Å²) in [6.07, 6.45) is 4.06. The minimum atomic E-state index is 0.578. The van der Waals surface area contributed by atoms with E-state index in [0.717, 1.165) is 63.6 Å². The Morgan fingerprint density at radius 3 is 3.06 bits per heavy atom. The Morgan fingerprint density at radius 1 is 1.41 bits per heavy atom. The highest BCUT2D eigenvalue weighted by molar-refractivity contribution is 5.00. The van der Waals surface area contributed by atoms with Gasteiger partial charge in [0, 0.05) is 26.0 Å². The van der Waals surface area contributed by atoms with Gasteiger partial charge >= 0.3 is 0 Å². The molecule has 1 unspecified atom stereocenters. The molecule has 0 aliphatic carbocycles. The summed E-state index contributed by atoms with van der Waals surface area (Å²) in [5.41, 5.74) is 5.74. The maximum absolute atomic E-state index is 5.74. The fraction of sp³-hybridized carbons (Fsp3) is 0.833. The maximum Gasteiger partial charge on any atom is 0.135 e. The minimum Gasteiger partial charge on any atom is -0.381 e. The first-order valence-electron chi connectivity index (χ1n) is 6.54. The molecule has 0 saturated carbocycles. The quantitative estimate of drug-likeness (QED) is 0.743. The molecule has 0 spiro atoms. The third-order valence-corrected chi connectivity index (χ3v) is 3.27. The summed E-state index contributed by atoms with van der Waals surface area (Å²) in [7, 11) is 0. The lowest BCUT2D eigenvalue weighted by Gasteiger charge is -2.22. The van der Waals surface area contributed by atoms with Gasteiger partial charge < -0.3 is 15.0 Å². The van der Waals surface area contributed by atoms with E-state index in [-0.39, 0.29) is 0 Å².